The summed E-state index contributed by atoms with van der Waals surface area (Å²) >= 11 is 0. The molecule has 1 heterocycles. The number of aromatic amines is 1. The number of hydrogen-bond donors (Lipinski definition) is 1. The van der Waals surface area contributed by atoms with Crippen LogP contribution < -0.4 is 0 Å². The van der Waals surface area contributed by atoms with E-state index >= 15 is 0 Å². The Bertz CT molecular complexity index is 967. The fourth-order valence-electron chi connectivity index (χ4n) is 3.94. The van der Waals surface area contributed by atoms with Crippen LogP contribution in [-0.4, -0.2) is 4.98 Å². The van der Waals surface area contributed by atoms with Crippen LogP contribution in [0.2, 0.25) is 0 Å². The second-order valence-corrected chi connectivity index (χ2v) is 6.77. The normalized spacial score (nSPS) is 15.1. The first kappa shape index (κ1) is 14.1. The lowest BCUT2D eigenvalue weighted by Gasteiger charge is -2.21. The van der Waals surface area contributed by atoms with E-state index in [2.05, 4.69) is 80.9 Å². The van der Waals surface area contributed by atoms with Crippen LogP contribution in [0.25, 0.3) is 34.2 Å². The topological polar surface area (TPSA) is 15.8 Å². The van der Waals surface area contributed by atoms with Gasteiger partial charge < -0.3 is 4.98 Å². The first-order chi connectivity index (χ1) is 11.1. The largest absolute Gasteiger partial charge is 0.355 e. The van der Waals surface area contributed by atoms with Crippen LogP contribution in [-0.2, 0) is 5.41 Å². The number of nitrogens with one attached hydrogen (secondary N) is 1. The van der Waals surface area contributed by atoms with Crippen molar-refractivity contribution in [2.45, 2.75) is 26.2 Å². The molecule has 4 rings (SSSR count). The van der Waals surface area contributed by atoms with Crippen LogP contribution >= 0.6 is 0 Å². The van der Waals surface area contributed by atoms with Crippen LogP contribution in [0.1, 0.15) is 43.2 Å². The maximum atomic E-state index is 3.95. The Morgan fingerprint density at radius 3 is 2.57 bits per heavy atom. The molecule has 0 saturated carbocycles. The molecule has 0 atom stereocenters. The third kappa shape index (κ3) is 1.80. The van der Waals surface area contributed by atoms with Crippen LogP contribution in [0.15, 0.2) is 49.1 Å². The highest BCUT2D eigenvalue weighted by atomic mass is 14.7. The molecule has 0 fully saturated rings. The zero-order valence-electron chi connectivity index (χ0n) is 13.9. The van der Waals surface area contributed by atoms with Crippen LogP contribution in [0.5, 0.6) is 0 Å². The van der Waals surface area contributed by atoms with E-state index in [1.54, 1.807) is 0 Å². The molecule has 1 aliphatic carbocycles. The minimum atomic E-state index is 0.0420. The lowest BCUT2D eigenvalue weighted by Crippen LogP contribution is -2.14. The number of H-pyrrole nitrogens is 1. The quantitative estimate of drug-likeness (QED) is 0.584. The van der Waals surface area contributed by atoms with E-state index in [0.717, 1.165) is 5.69 Å². The number of aromatic nitrogens is 1. The summed E-state index contributed by atoms with van der Waals surface area (Å²) in [5, 5.41) is 1.27. The molecule has 2 aromatic carbocycles. The van der Waals surface area contributed by atoms with E-state index < -0.39 is 0 Å². The monoisotopic (exact) mass is 299 g/mol. The number of hydrogen-bond acceptors (Lipinski definition) is 0. The molecule has 1 aliphatic rings. The molecule has 0 aliphatic heterocycles. The molecule has 0 spiro atoms. The average molecular weight is 299 g/mol. The summed E-state index contributed by atoms with van der Waals surface area (Å²) < 4.78 is 0. The summed E-state index contributed by atoms with van der Waals surface area (Å²) in [6.45, 7) is 10.6. The summed E-state index contributed by atoms with van der Waals surface area (Å²) in [7, 11) is 0. The summed E-state index contributed by atoms with van der Waals surface area (Å²) in [6, 6.07) is 13.4. The van der Waals surface area contributed by atoms with Crippen molar-refractivity contribution in [2.24, 2.45) is 0 Å². The second-order valence-electron chi connectivity index (χ2n) is 6.77. The molecule has 0 unspecified atom stereocenters. The minimum Gasteiger partial charge on any atom is -0.355 e. The van der Waals surface area contributed by atoms with Gasteiger partial charge in [0.05, 0.1) is 0 Å². The highest BCUT2D eigenvalue weighted by molar-refractivity contribution is 5.98. The van der Waals surface area contributed by atoms with Gasteiger partial charge in [-0.1, -0.05) is 56.8 Å². The molecule has 1 heteroatoms. The molecule has 0 bridgehead atoms. The molecule has 1 N–H and O–H groups in total. The number of rotatable bonds is 2. The van der Waals surface area contributed by atoms with E-state index in [1.807, 2.05) is 6.08 Å². The molecule has 0 saturated heterocycles. The zero-order valence-corrected chi connectivity index (χ0v) is 13.9. The van der Waals surface area contributed by atoms with E-state index in [-0.39, 0.29) is 5.41 Å². The summed E-state index contributed by atoms with van der Waals surface area (Å²) in [5.41, 5.74) is 9.08. The Kier molecular flexibility index (Phi) is 2.89. The van der Waals surface area contributed by atoms with Crippen molar-refractivity contribution in [2.75, 3.05) is 0 Å². The van der Waals surface area contributed by atoms with Gasteiger partial charge in [0.2, 0.25) is 0 Å². The lowest BCUT2D eigenvalue weighted by molar-refractivity contribution is 0.661. The maximum Gasteiger partial charge on any atom is 0.0468 e. The lowest BCUT2D eigenvalue weighted by atomic mass is 9.82. The number of fused-ring (bicyclic) bond motifs is 4. The van der Waals surface area contributed by atoms with Crippen LogP contribution in [0.4, 0.5) is 0 Å². The predicted molar refractivity (Wildman–Crippen MR) is 101 cm³/mol. The van der Waals surface area contributed by atoms with Gasteiger partial charge in [-0.25, -0.2) is 0 Å². The van der Waals surface area contributed by atoms with Gasteiger partial charge >= 0.3 is 0 Å². The van der Waals surface area contributed by atoms with Gasteiger partial charge in [-0.15, -0.1) is 0 Å². The SMILES string of the molecule is C=Cc1[nH]c2cc3c(cc2c1/C=C\C)-c1ccccc1C3(C)C. The fourth-order valence-corrected chi connectivity index (χ4v) is 3.94. The fraction of sp³-hybridized carbons (Fsp3) is 0.182. The maximum absolute atomic E-state index is 3.95. The van der Waals surface area contributed by atoms with Crippen LogP contribution in [0.3, 0.4) is 0 Å². The van der Waals surface area contributed by atoms with Gasteiger partial charge in [-0.05, 0) is 47.4 Å². The van der Waals surface area contributed by atoms with Crippen LogP contribution in [0, 0.1) is 0 Å². The van der Waals surface area contributed by atoms with Gasteiger partial charge in [0.1, 0.15) is 0 Å². The molecular weight excluding hydrogens is 278 g/mol. The Morgan fingerprint density at radius 2 is 1.83 bits per heavy atom. The molecule has 1 nitrogen and oxygen atoms in total. The molecule has 23 heavy (non-hydrogen) atoms. The molecule has 0 amide bonds. The van der Waals surface area contributed by atoms with Crippen molar-refractivity contribution >= 4 is 23.1 Å². The van der Waals surface area contributed by atoms with Gasteiger partial charge in [-0.3, -0.25) is 0 Å². The summed E-state index contributed by atoms with van der Waals surface area (Å²) in [6.07, 6.45) is 6.15. The van der Waals surface area contributed by atoms with Crippen molar-refractivity contribution in [3.63, 3.8) is 0 Å². The number of allylic oxidation sites excluding steroid dienone is 1. The average Bonchev–Trinajstić information content (AvgIpc) is 3.01. The van der Waals surface area contributed by atoms with E-state index in [4.69, 9.17) is 0 Å². The number of benzene rings is 2. The third-order valence-electron chi connectivity index (χ3n) is 5.11. The highest BCUT2D eigenvalue weighted by Crippen LogP contribution is 2.50. The Balaban J connectivity index is 2.11. The summed E-state index contributed by atoms with van der Waals surface area (Å²) in [5.74, 6) is 0. The smallest absolute Gasteiger partial charge is 0.0468 e. The van der Waals surface area contributed by atoms with Gasteiger partial charge in [0.15, 0.2) is 0 Å². The molecule has 0 radical (unpaired) electrons. The Labute approximate surface area is 137 Å². The second kappa shape index (κ2) is 4.73. The summed E-state index contributed by atoms with van der Waals surface area (Å²) in [4.78, 5) is 3.52. The zero-order chi connectivity index (χ0) is 16.2. The highest BCUT2D eigenvalue weighted by Gasteiger charge is 2.35. The predicted octanol–water partition coefficient (Wildman–Crippen LogP) is 6.15. The molecule has 1 aromatic heterocycles. The van der Waals surface area contributed by atoms with E-state index in [1.165, 1.54) is 38.7 Å². The Hall–Kier alpha value is -2.54. The van der Waals surface area contributed by atoms with Crippen molar-refractivity contribution in [1.29, 1.82) is 0 Å². The van der Waals surface area contributed by atoms with Crippen molar-refractivity contribution < 1.29 is 0 Å². The standard InChI is InChI=1S/C22H21N/c1-5-9-15-17-12-16-14-10-7-8-11-18(14)22(3,4)19(16)13-21(17)23-20(15)6-2/h5-13,23H,2H2,1,3-4H3/b9-5-. The van der Waals surface area contributed by atoms with Crippen molar-refractivity contribution in [3.05, 3.63) is 71.4 Å². The Morgan fingerprint density at radius 1 is 1.04 bits per heavy atom. The van der Waals surface area contributed by atoms with Crippen molar-refractivity contribution in [3.8, 4) is 11.1 Å². The third-order valence-corrected chi connectivity index (χ3v) is 5.11. The molecule has 3 aromatic rings. The van der Waals surface area contributed by atoms with Gasteiger partial charge in [-0.2, -0.15) is 0 Å². The van der Waals surface area contributed by atoms with Gasteiger partial charge in [0.25, 0.3) is 0 Å². The van der Waals surface area contributed by atoms with Crippen molar-refractivity contribution in [1.82, 2.24) is 4.98 Å². The van der Waals surface area contributed by atoms with E-state index in [9.17, 15) is 0 Å². The van der Waals surface area contributed by atoms with Gasteiger partial charge in [0, 0.05) is 27.6 Å². The van der Waals surface area contributed by atoms with E-state index in [0.29, 0.717) is 0 Å². The molecular formula is C22H21N. The minimum absolute atomic E-state index is 0.0420. The molecule has 114 valence electrons. The first-order valence-electron chi connectivity index (χ1n) is 8.13. The first-order valence-corrected chi connectivity index (χ1v) is 8.13.